The van der Waals surface area contributed by atoms with E-state index in [4.69, 9.17) is 0 Å². The Morgan fingerprint density at radius 1 is 1.11 bits per heavy atom. The number of benzene rings is 1. The molecule has 0 radical (unpaired) electrons. The van der Waals surface area contributed by atoms with Gasteiger partial charge in [-0.1, -0.05) is 35.0 Å². The predicted molar refractivity (Wildman–Crippen MR) is 83.1 cm³/mol. The Bertz CT molecular complexity index is 519. The molecule has 0 saturated heterocycles. The molecule has 1 aromatic heterocycles. The summed E-state index contributed by atoms with van der Waals surface area (Å²) in [4.78, 5) is 2.88. The van der Waals surface area contributed by atoms with Crippen molar-refractivity contribution in [2.45, 2.75) is 33.4 Å². The number of rotatable bonds is 5. The Balaban J connectivity index is 1.86. The highest BCUT2D eigenvalue weighted by Gasteiger charge is 2.00. The summed E-state index contributed by atoms with van der Waals surface area (Å²) in [7, 11) is 0. The lowest BCUT2D eigenvalue weighted by atomic mass is 10.1. The molecule has 1 heterocycles. The molecule has 2 rings (SSSR count). The van der Waals surface area contributed by atoms with E-state index in [-0.39, 0.29) is 0 Å². The molecule has 0 bridgehead atoms. The highest BCUT2D eigenvalue weighted by Crippen LogP contribution is 2.18. The highest BCUT2D eigenvalue weighted by atomic mass is 79.9. The zero-order chi connectivity index (χ0) is 13.0. The van der Waals surface area contributed by atoms with Crippen molar-refractivity contribution in [2.75, 3.05) is 0 Å². The van der Waals surface area contributed by atoms with Crippen LogP contribution in [0.1, 0.15) is 27.8 Å². The lowest BCUT2D eigenvalue weighted by Gasteiger charge is -2.05. The van der Waals surface area contributed by atoms with Gasteiger partial charge in [-0.2, -0.15) is 0 Å². The van der Waals surface area contributed by atoms with E-state index in [2.05, 4.69) is 65.4 Å². The van der Waals surface area contributed by atoms with Gasteiger partial charge in [0.15, 0.2) is 0 Å². The number of hydrogen-bond donors (Lipinski definition) is 1. The minimum atomic E-state index is 0.915. The summed E-state index contributed by atoms with van der Waals surface area (Å²) in [5.41, 5.74) is 2.60. The zero-order valence-corrected chi connectivity index (χ0v) is 13.2. The van der Waals surface area contributed by atoms with Gasteiger partial charge in [0, 0.05) is 27.3 Å². The molecule has 1 aromatic carbocycles. The summed E-state index contributed by atoms with van der Waals surface area (Å²) in [6, 6.07) is 11.0. The van der Waals surface area contributed by atoms with Crippen molar-refractivity contribution in [3.8, 4) is 0 Å². The van der Waals surface area contributed by atoms with Crippen LogP contribution in [-0.2, 0) is 19.5 Å². The monoisotopic (exact) mass is 323 g/mol. The van der Waals surface area contributed by atoms with Crippen molar-refractivity contribution in [3.05, 3.63) is 55.7 Å². The summed E-state index contributed by atoms with van der Waals surface area (Å²) in [6.45, 7) is 6.18. The maximum absolute atomic E-state index is 3.57. The van der Waals surface area contributed by atoms with Crippen molar-refractivity contribution in [3.63, 3.8) is 0 Å². The summed E-state index contributed by atoms with van der Waals surface area (Å²) in [5.74, 6) is 0. The van der Waals surface area contributed by atoms with E-state index in [0.29, 0.717) is 0 Å². The molecule has 1 nitrogen and oxygen atoms in total. The first-order chi connectivity index (χ1) is 8.69. The fourth-order valence-corrected chi connectivity index (χ4v) is 3.14. The standard InChI is InChI=1S/C15H18BrNS/c1-3-13-6-7-14(18-13)10-17-9-12-5-4-11(2)15(16)8-12/h4-8,17H,3,9-10H2,1-2H3. The van der Waals surface area contributed by atoms with Crippen LogP contribution in [0.15, 0.2) is 34.8 Å². The SMILES string of the molecule is CCc1ccc(CNCc2ccc(C)c(Br)c2)s1. The molecule has 0 amide bonds. The quantitative estimate of drug-likeness (QED) is 0.843. The molecule has 0 aliphatic rings. The van der Waals surface area contributed by atoms with Crippen molar-refractivity contribution < 1.29 is 0 Å². The summed E-state index contributed by atoms with van der Waals surface area (Å²) < 4.78 is 1.19. The minimum Gasteiger partial charge on any atom is -0.308 e. The van der Waals surface area contributed by atoms with Gasteiger partial charge in [0.25, 0.3) is 0 Å². The number of nitrogens with one attached hydrogen (secondary N) is 1. The third kappa shape index (κ3) is 3.67. The van der Waals surface area contributed by atoms with Crippen LogP contribution in [0.5, 0.6) is 0 Å². The minimum absolute atomic E-state index is 0.915. The van der Waals surface area contributed by atoms with E-state index in [9.17, 15) is 0 Å². The second-order valence-corrected chi connectivity index (χ2v) is 6.52. The molecule has 96 valence electrons. The number of aryl methyl sites for hydroxylation is 2. The molecule has 18 heavy (non-hydrogen) atoms. The van der Waals surface area contributed by atoms with E-state index >= 15 is 0 Å². The first-order valence-electron chi connectivity index (χ1n) is 6.22. The average molecular weight is 324 g/mol. The fourth-order valence-electron chi connectivity index (χ4n) is 1.78. The first-order valence-corrected chi connectivity index (χ1v) is 7.83. The van der Waals surface area contributed by atoms with Gasteiger partial charge < -0.3 is 5.32 Å². The molecule has 3 heteroatoms. The maximum Gasteiger partial charge on any atom is 0.0303 e. The number of thiophene rings is 1. The average Bonchev–Trinajstić information content (AvgIpc) is 2.82. The second kappa shape index (κ2) is 6.50. The predicted octanol–water partition coefficient (Wildman–Crippen LogP) is 4.67. The molecule has 0 aliphatic carbocycles. The van der Waals surface area contributed by atoms with Crippen LogP contribution in [0.25, 0.3) is 0 Å². The topological polar surface area (TPSA) is 12.0 Å². The van der Waals surface area contributed by atoms with Gasteiger partial charge in [0.2, 0.25) is 0 Å². The Hall–Kier alpha value is -0.640. The van der Waals surface area contributed by atoms with E-state index in [1.165, 1.54) is 25.4 Å². The van der Waals surface area contributed by atoms with Crippen LogP contribution >= 0.6 is 27.3 Å². The maximum atomic E-state index is 3.57. The van der Waals surface area contributed by atoms with Gasteiger partial charge in [-0.15, -0.1) is 11.3 Å². The third-order valence-corrected chi connectivity index (χ3v) is 5.01. The Morgan fingerprint density at radius 2 is 1.89 bits per heavy atom. The van der Waals surface area contributed by atoms with Crippen LogP contribution in [0.4, 0.5) is 0 Å². The molecular formula is C15H18BrNS. The number of hydrogen-bond acceptors (Lipinski definition) is 2. The summed E-state index contributed by atoms with van der Waals surface area (Å²) in [6.07, 6.45) is 1.13. The normalized spacial score (nSPS) is 10.8. The third-order valence-electron chi connectivity index (χ3n) is 2.93. The molecule has 0 aliphatic heterocycles. The largest absolute Gasteiger partial charge is 0.308 e. The summed E-state index contributed by atoms with van der Waals surface area (Å²) in [5, 5.41) is 3.49. The van der Waals surface area contributed by atoms with Gasteiger partial charge in [-0.05, 0) is 42.7 Å². The molecule has 0 unspecified atom stereocenters. The van der Waals surface area contributed by atoms with E-state index in [1.54, 1.807) is 0 Å². The van der Waals surface area contributed by atoms with Gasteiger partial charge >= 0.3 is 0 Å². The van der Waals surface area contributed by atoms with Crippen LogP contribution in [0.3, 0.4) is 0 Å². The second-order valence-electron chi connectivity index (χ2n) is 4.41. The Kier molecular flexibility index (Phi) is 4.98. The molecule has 0 spiro atoms. The molecule has 0 saturated carbocycles. The number of halogens is 1. The van der Waals surface area contributed by atoms with Crippen molar-refractivity contribution in [2.24, 2.45) is 0 Å². The van der Waals surface area contributed by atoms with Gasteiger partial charge in [0.05, 0.1) is 0 Å². The van der Waals surface area contributed by atoms with Gasteiger partial charge in [-0.25, -0.2) is 0 Å². The van der Waals surface area contributed by atoms with E-state index in [1.807, 2.05) is 11.3 Å². The molecule has 0 fully saturated rings. The molecular weight excluding hydrogens is 306 g/mol. The van der Waals surface area contributed by atoms with Crippen molar-refractivity contribution >= 4 is 27.3 Å². The lowest BCUT2D eigenvalue weighted by molar-refractivity contribution is 0.700. The van der Waals surface area contributed by atoms with Crippen LogP contribution in [0, 0.1) is 6.92 Å². The lowest BCUT2D eigenvalue weighted by Crippen LogP contribution is -2.11. The Morgan fingerprint density at radius 3 is 2.56 bits per heavy atom. The molecule has 2 aromatic rings. The first kappa shape index (κ1) is 13.8. The van der Waals surface area contributed by atoms with Gasteiger partial charge in [-0.3, -0.25) is 0 Å². The highest BCUT2D eigenvalue weighted by molar-refractivity contribution is 9.10. The van der Waals surface area contributed by atoms with Crippen molar-refractivity contribution in [1.29, 1.82) is 0 Å². The van der Waals surface area contributed by atoms with Crippen molar-refractivity contribution in [1.82, 2.24) is 5.32 Å². The smallest absolute Gasteiger partial charge is 0.0303 e. The van der Waals surface area contributed by atoms with Gasteiger partial charge in [0.1, 0.15) is 0 Å². The zero-order valence-electron chi connectivity index (χ0n) is 10.8. The van der Waals surface area contributed by atoms with E-state index in [0.717, 1.165) is 19.5 Å². The van der Waals surface area contributed by atoms with Crippen LogP contribution < -0.4 is 5.32 Å². The van der Waals surface area contributed by atoms with Crippen LogP contribution in [-0.4, -0.2) is 0 Å². The summed E-state index contributed by atoms with van der Waals surface area (Å²) >= 11 is 5.47. The fraction of sp³-hybridized carbons (Fsp3) is 0.333. The van der Waals surface area contributed by atoms with E-state index < -0.39 is 0 Å². The Labute approximate surface area is 121 Å². The molecule has 0 atom stereocenters. The van der Waals surface area contributed by atoms with Crippen LogP contribution in [0.2, 0.25) is 0 Å². The molecule has 1 N–H and O–H groups in total.